The van der Waals surface area contributed by atoms with Crippen molar-refractivity contribution in [2.24, 2.45) is 5.92 Å². The summed E-state index contributed by atoms with van der Waals surface area (Å²) in [5.74, 6) is -0.232. The molecule has 0 saturated carbocycles. The minimum atomic E-state index is -3.67. The number of carbonyl (C=O) groups is 2. The van der Waals surface area contributed by atoms with Gasteiger partial charge in [-0.15, -0.1) is 0 Å². The lowest BCUT2D eigenvalue weighted by molar-refractivity contribution is -0.141. The van der Waals surface area contributed by atoms with Gasteiger partial charge >= 0.3 is 0 Å². The van der Waals surface area contributed by atoms with Crippen LogP contribution in [0.5, 0.6) is 0 Å². The largest absolute Gasteiger partial charge is 0.354 e. The summed E-state index contributed by atoms with van der Waals surface area (Å²) < 4.78 is 27.1. The fourth-order valence-corrected chi connectivity index (χ4v) is 5.70. The first kappa shape index (κ1) is 31.3. The zero-order chi connectivity index (χ0) is 29.1. The van der Waals surface area contributed by atoms with Crippen molar-refractivity contribution in [1.82, 2.24) is 14.5 Å². The third kappa shape index (κ3) is 8.91. The third-order valence-electron chi connectivity index (χ3n) is 6.57. The summed E-state index contributed by atoms with van der Waals surface area (Å²) in [6.45, 7) is 4.83. The first-order valence-corrected chi connectivity index (χ1v) is 15.3. The van der Waals surface area contributed by atoms with Gasteiger partial charge < -0.3 is 10.2 Å². The van der Waals surface area contributed by atoms with Crippen molar-refractivity contribution in [3.05, 3.63) is 101 Å². The standard InChI is InChI=1S/C31H38ClN3O4S/c1-24(2)22-33-31(37)29(21-25-13-6-4-7-14-25)35(23-26-15-10-11-18-28(26)32)30(36)19-12-20-34(3)40(38,39)27-16-8-5-9-17-27/h4-11,13-18,24,29H,12,19-23H2,1-3H3,(H,33,37). The molecule has 3 rings (SSSR count). The van der Waals surface area contributed by atoms with Gasteiger partial charge in [-0.25, -0.2) is 12.7 Å². The van der Waals surface area contributed by atoms with E-state index in [0.29, 0.717) is 24.4 Å². The molecule has 2 amide bonds. The van der Waals surface area contributed by atoms with Gasteiger partial charge in [0.15, 0.2) is 0 Å². The van der Waals surface area contributed by atoms with Crippen LogP contribution in [0.4, 0.5) is 0 Å². The highest BCUT2D eigenvalue weighted by atomic mass is 35.5. The Morgan fingerprint density at radius 2 is 1.50 bits per heavy atom. The Morgan fingerprint density at radius 1 is 0.900 bits per heavy atom. The normalized spacial score (nSPS) is 12.3. The van der Waals surface area contributed by atoms with Gasteiger partial charge in [0.25, 0.3) is 0 Å². The van der Waals surface area contributed by atoms with Crippen LogP contribution in [0.15, 0.2) is 89.8 Å². The Hall–Kier alpha value is -3.20. The van der Waals surface area contributed by atoms with Crippen LogP contribution in [0.1, 0.15) is 37.8 Å². The van der Waals surface area contributed by atoms with E-state index in [2.05, 4.69) is 5.32 Å². The summed E-state index contributed by atoms with van der Waals surface area (Å²) in [7, 11) is -2.16. The summed E-state index contributed by atoms with van der Waals surface area (Å²) >= 11 is 6.46. The van der Waals surface area contributed by atoms with E-state index in [9.17, 15) is 18.0 Å². The Kier molecular flexibility index (Phi) is 11.7. The number of rotatable bonds is 14. The van der Waals surface area contributed by atoms with E-state index >= 15 is 0 Å². The molecule has 0 heterocycles. The second-order valence-corrected chi connectivity index (χ2v) is 12.7. The summed E-state index contributed by atoms with van der Waals surface area (Å²) in [6.07, 6.45) is 0.706. The molecule has 40 heavy (non-hydrogen) atoms. The van der Waals surface area contributed by atoms with Crippen LogP contribution in [-0.4, -0.2) is 55.6 Å². The first-order valence-electron chi connectivity index (χ1n) is 13.5. The molecule has 0 radical (unpaired) electrons. The molecule has 9 heteroatoms. The van der Waals surface area contributed by atoms with Gasteiger partial charge in [0, 0.05) is 44.5 Å². The molecule has 0 aromatic heterocycles. The lowest BCUT2D eigenvalue weighted by atomic mass is 10.0. The molecule has 0 aliphatic heterocycles. The number of halogens is 1. The number of sulfonamides is 1. The summed E-state index contributed by atoms with van der Waals surface area (Å²) in [4.78, 5) is 29.1. The second kappa shape index (κ2) is 15.0. The third-order valence-corrected chi connectivity index (χ3v) is 8.81. The van der Waals surface area contributed by atoms with Crippen LogP contribution in [0.25, 0.3) is 0 Å². The fourth-order valence-electron chi connectivity index (χ4n) is 4.28. The molecular weight excluding hydrogens is 546 g/mol. The smallest absolute Gasteiger partial charge is 0.243 e. The average molecular weight is 584 g/mol. The molecule has 3 aromatic rings. The van der Waals surface area contributed by atoms with Crippen LogP contribution < -0.4 is 5.32 Å². The minimum Gasteiger partial charge on any atom is -0.354 e. The topological polar surface area (TPSA) is 86.8 Å². The molecule has 0 spiro atoms. The van der Waals surface area contributed by atoms with E-state index in [1.165, 1.54) is 11.4 Å². The average Bonchev–Trinajstić information content (AvgIpc) is 2.95. The zero-order valence-corrected chi connectivity index (χ0v) is 24.9. The zero-order valence-electron chi connectivity index (χ0n) is 23.3. The van der Waals surface area contributed by atoms with E-state index in [1.54, 1.807) is 41.3 Å². The van der Waals surface area contributed by atoms with E-state index < -0.39 is 16.1 Å². The quantitative estimate of drug-likeness (QED) is 0.284. The lowest BCUT2D eigenvalue weighted by Gasteiger charge is -2.32. The van der Waals surface area contributed by atoms with Gasteiger partial charge in [-0.05, 0) is 41.7 Å². The van der Waals surface area contributed by atoms with Crippen molar-refractivity contribution >= 4 is 33.4 Å². The van der Waals surface area contributed by atoms with Gasteiger partial charge in [-0.2, -0.15) is 0 Å². The molecule has 0 saturated heterocycles. The number of amides is 2. The van der Waals surface area contributed by atoms with E-state index in [4.69, 9.17) is 11.6 Å². The number of carbonyl (C=O) groups excluding carboxylic acids is 2. The Morgan fingerprint density at radius 3 is 2.12 bits per heavy atom. The van der Waals surface area contributed by atoms with Crippen LogP contribution >= 0.6 is 11.6 Å². The molecule has 214 valence electrons. The van der Waals surface area contributed by atoms with Crippen LogP contribution in [-0.2, 0) is 32.6 Å². The molecule has 7 nitrogen and oxygen atoms in total. The summed E-state index contributed by atoms with van der Waals surface area (Å²) in [6, 6.07) is 24.3. The van der Waals surface area contributed by atoms with Crippen LogP contribution in [0.2, 0.25) is 5.02 Å². The van der Waals surface area contributed by atoms with Gasteiger partial charge in [0.05, 0.1) is 4.90 Å². The highest BCUT2D eigenvalue weighted by Crippen LogP contribution is 2.22. The van der Waals surface area contributed by atoms with Gasteiger partial charge in [-0.1, -0.05) is 92.2 Å². The highest BCUT2D eigenvalue weighted by Gasteiger charge is 2.31. The van der Waals surface area contributed by atoms with Crippen molar-refractivity contribution in [3.8, 4) is 0 Å². The lowest BCUT2D eigenvalue weighted by Crippen LogP contribution is -2.51. The number of hydrogen-bond acceptors (Lipinski definition) is 4. The summed E-state index contributed by atoms with van der Waals surface area (Å²) in [5, 5.41) is 3.51. The second-order valence-electron chi connectivity index (χ2n) is 10.2. The van der Waals surface area contributed by atoms with Crippen molar-refractivity contribution in [1.29, 1.82) is 0 Å². The van der Waals surface area contributed by atoms with Crippen molar-refractivity contribution in [2.45, 2.75) is 50.6 Å². The molecular formula is C31H38ClN3O4S. The van der Waals surface area contributed by atoms with E-state index in [1.807, 2.05) is 62.4 Å². The number of hydrogen-bond donors (Lipinski definition) is 1. The minimum absolute atomic E-state index is 0.0713. The molecule has 1 N–H and O–H groups in total. The molecule has 0 aliphatic carbocycles. The molecule has 0 fully saturated rings. The Bertz CT molecular complexity index is 1350. The number of nitrogens with zero attached hydrogens (tertiary/aromatic N) is 2. The predicted octanol–water partition coefficient (Wildman–Crippen LogP) is 5.15. The number of nitrogens with one attached hydrogen (secondary N) is 1. The molecule has 0 aliphatic rings. The van der Waals surface area contributed by atoms with Crippen molar-refractivity contribution < 1.29 is 18.0 Å². The molecule has 0 bridgehead atoms. The van der Waals surface area contributed by atoms with Gasteiger partial charge in [0.2, 0.25) is 21.8 Å². The van der Waals surface area contributed by atoms with E-state index in [0.717, 1.165) is 11.1 Å². The molecule has 1 atom stereocenters. The summed E-state index contributed by atoms with van der Waals surface area (Å²) in [5.41, 5.74) is 1.66. The Labute approximate surface area is 243 Å². The van der Waals surface area contributed by atoms with Gasteiger partial charge in [0.1, 0.15) is 6.04 Å². The van der Waals surface area contributed by atoms with Crippen molar-refractivity contribution in [2.75, 3.05) is 20.1 Å². The van der Waals surface area contributed by atoms with Crippen LogP contribution in [0.3, 0.4) is 0 Å². The maximum Gasteiger partial charge on any atom is 0.243 e. The van der Waals surface area contributed by atoms with E-state index in [-0.39, 0.29) is 42.1 Å². The van der Waals surface area contributed by atoms with Crippen molar-refractivity contribution in [3.63, 3.8) is 0 Å². The highest BCUT2D eigenvalue weighted by molar-refractivity contribution is 7.89. The Balaban J connectivity index is 1.83. The predicted molar refractivity (Wildman–Crippen MR) is 159 cm³/mol. The fraction of sp³-hybridized carbons (Fsp3) is 0.355. The molecule has 1 unspecified atom stereocenters. The SMILES string of the molecule is CC(C)CNC(=O)C(Cc1ccccc1)N(Cc1ccccc1Cl)C(=O)CCCN(C)S(=O)(=O)c1ccccc1. The maximum absolute atomic E-state index is 13.8. The maximum atomic E-state index is 13.8. The first-order chi connectivity index (χ1) is 19.1. The van der Waals surface area contributed by atoms with Crippen LogP contribution in [0, 0.1) is 5.92 Å². The molecule has 3 aromatic carbocycles. The monoisotopic (exact) mass is 583 g/mol. The van der Waals surface area contributed by atoms with Gasteiger partial charge in [-0.3, -0.25) is 9.59 Å². The number of benzene rings is 3.